The van der Waals surface area contributed by atoms with Crippen molar-refractivity contribution in [2.75, 3.05) is 24.8 Å². The SMILES string of the molecule is CNc1ccc(C(=O)OC(C)C(=O)Nc2cc(C)c(Cl)cc2OC)cc1[N+](=O)[O-]. The van der Waals surface area contributed by atoms with Gasteiger partial charge in [0.15, 0.2) is 6.10 Å². The monoisotopic (exact) mass is 421 g/mol. The highest BCUT2D eigenvalue weighted by Gasteiger charge is 2.23. The number of hydrogen-bond donors (Lipinski definition) is 2. The van der Waals surface area contributed by atoms with Crippen LogP contribution >= 0.6 is 11.6 Å². The molecule has 10 heteroatoms. The Morgan fingerprint density at radius 3 is 2.48 bits per heavy atom. The lowest BCUT2D eigenvalue weighted by molar-refractivity contribution is -0.384. The number of esters is 1. The highest BCUT2D eigenvalue weighted by Crippen LogP contribution is 2.31. The van der Waals surface area contributed by atoms with Crippen molar-refractivity contribution in [2.45, 2.75) is 20.0 Å². The van der Waals surface area contributed by atoms with Crippen LogP contribution in [-0.4, -0.2) is 37.1 Å². The van der Waals surface area contributed by atoms with Gasteiger partial charge in [-0.15, -0.1) is 0 Å². The number of nitro benzene ring substituents is 1. The third-order valence-electron chi connectivity index (χ3n) is 4.09. The summed E-state index contributed by atoms with van der Waals surface area (Å²) in [7, 11) is 2.96. The van der Waals surface area contributed by atoms with Crippen LogP contribution in [0.4, 0.5) is 17.1 Å². The average molecular weight is 422 g/mol. The van der Waals surface area contributed by atoms with Crippen LogP contribution in [0.25, 0.3) is 0 Å². The average Bonchev–Trinajstić information content (AvgIpc) is 2.69. The summed E-state index contributed by atoms with van der Waals surface area (Å²) < 4.78 is 10.3. The van der Waals surface area contributed by atoms with Gasteiger partial charge in [0.1, 0.15) is 11.4 Å². The molecular weight excluding hydrogens is 402 g/mol. The van der Waals surface area contributed by atoms with Gasteiger partial charge in [-0.3, -0.25) is 14.9 Å². The van der Waals surface area contributed by atoms with E-state index in [1.807, 2.05) is 0 Å². The number of aryl methyl sites for hydroxylation is 1. The topological polar surface area (TPSA) is 120 Å². The van der Waals surface area contributed by atoms with E-state index in [4.69, 9.17) is 21.1 Å². The number of nitrogens with zero attached hydrogens (tertiary/aromatic N) is 1. The van der Waals surface area contributed by atoms with Crippen LogP contribution in [0, 0.1) is 17.0 Å². The summed E-state index contributed by atoms with van der Waals surface area (Å²) in [6.07, 6.45) is -1.16. The summed E-state index contributed by atoms with van der Waals surface area (Å²) in [5.74, 6) is -1.11. The molecule has 0 radical (unpaired) electrons. The first-order valence-corrected chi connectivity index (χ1v) is 8.87. The molecule has 154 valence electrons. The Bertz CT molecular complexity index is 963. The number of benzene rings is 2. The lowest BCUT2D eigenvalue weighted by Gasteiger charge is -2.16. The van der Waals surface area contributed by atoms with Crippen LogP contribution < -0.4 is 15.4 Å². The van der Waals surface area contributed by atoms with E-state index in [0.717, 1.165) is 11.6 Å². The molecule has 0 saturated carbocycles. The van der Waals surface area contributed by atoms with Crippen molar-refractivity contribution in [3.05, 3.63) is 56.6 Å². The summed E-state index contributed by atoms with van der Waals surface area (Å²) in [4.78, 5) is 35.3. The van der Waals surface area contributed by atoms with Crippen LogP contribution in [-0.2, 0) is 9.53 Å². The molecule has 2 N–H and O–H groups in total. The van der Waals surface area contributed by atoms with Crippen LogP contribution in [0.2, 0.25) is 5.02 Å². The Kier molecular flexibility index (Phi) is 7.00. The lowest BCUT2D eigenvalue weighted by atomic mass is 10.1. The summed E-state index contributed by atoms with van der Waals surface area (Å²) >= 11 is 6.04. The number of methoxy groups -OCH3 is 1. The molecule has 2 aromatic carbocycles. The van der Waals surface area contributed by atoms with Gasteiger partial charge in [-0.1, -0.05) is 11.6 Å². The lowest BCUT2D eigenvalue weighted by Crippen LogP contribution is -2.30. The van der Waals surface area contributed by atoms with Crippen molar-refractivity contribution in [3.63, 3.8) is 0 Å². The molecule has 2 rings (SSSR count). The molecule has 29 heavy (non-hydrogen) atoms. The molecule has 0 aromatic heterocycles. The van der Waals surface area contributed by atoms with Gasteiger partial charge in [0.25, 0.3) is 11.6 Å². The zero-order valence-corrected chi connectivity index (χ0v) is 17.0. The van der Waals surface area contributed by atoms with E-state index in [2.05, 4.69) is 10.6 Å². The number of rotatable bonds is 7. The van der Waals surface area contributed by atoms with E-state index in [1.165, 1.54) is 33.2 Å². The van der Waals surface area contributed by atoms with Gasteiger partial charge in [0, 0.05) is 24.2 Å². The first-order chi connectivity index (χ1) is 13.7. The van der Waals surface area contributed by atoms with Crippen molar-refractivity contribution < 1.29 is 24.0 Å². The molecule has 0 spiro atoms. The Morgan fingerprint density at radius 1 is 1.21 bits per heavy atom. The van der Waals surface area contributed by atoms with E-state index in [1.54, 1.807) is 19.1 Å². The number of hydrogen-bond acceptors (Lipinski definition) is 7. The second kappa shape index (κ2) is 9.24. The number of ether oxygens (including phenoxy) is 2. The second-order valence-electron chi connectivity index (χ2n) is 6.08. The summed E-state index contributed by atoms with van der Waals surface area (Å²) in [5, 5.41) is 16.9. The van der Waals surface area contributed by atoms with Gasteiger partial charge in [-0.25, -0.2) is 4.79 Å². The van der Waals surface area contributed by atoms with Crippen molar-refractivity contribution in [3.8, 4) is 5.75 Å². The minimum Gasteiger partial charge on any atom is -0.495 e. The van der Waals surface area contributed by atoms with E-state index in [9.17, 15) is 19.7 Å². The van der Waals surface area contributed by atoms with E-state index < -0.39 is 22.9 Å². The molecule has 0 aliphatic rings. The van der Waals surface area contributed by atoms with E-state index in [0.29, 0.717) is 16.5 Å². The Balaban J connectivity index is 2.14. The van der Waals surface area contributed by atoms with Gasteiger partial charge < -0.3 is 20.1 Å². The minimum absolute atomic E-state index is 0.0460. The quantitative estimate of drug-likeness (QED) is 0.396. The van der Waals surface area contributed by atoms with Crippen LogP contribution in [0.3, 0.4) is 0 Å². The molecule has 1 unspecified atom stereocenters. The molecule has 0 heterocycles. The molecule has 0 bridgehead atoms. The fourth-order valence-electron chi connectivity index (χ4n) is 2.47. The number of anilines is 2. The summed E-state index contributed by atoms with van der Waals surface area (Å²) in [5.41, 5.74) is 1.03. The van der Waals surface area contributed by atoms with Crippen LogP contribution in [0.5, 0.6) is 5.75 Å². The first kappa shape index (κ1) is 22.0. The molecule has 2 aromatic rings. The van der Waals surface area contributed by atoms with Gasteiger partial charge in [0.05, 0.1) is 23.3 Å². The number of halogens is 1. The molecule has 0 aliphatic carbocycles. The Hall–Kier alpha value is -3.33. The zero-order valence-electron chi connectivity index (χ0n) is 16.2. The highest BCUT2D eigenvalue weighted by molar-refractivity contribution is 6.31. The van der Waals surface area contributed by atoms with Gasteiger partial charge in [-0.2, -0.15) is 0 Å². The molecule has 0 saturated heterocycles. The van der Waals surface area contributed by atoms with E-state index >= 15 is 0 Å². The van der Waals surface area contributed by atoms with Gasteiger partial charge in [0.2, 0.25) is 0 Å². The molecule has 1 atom stereocenters. The predicted molar refractivity (Wildman–Crippen MR) is 109 cm³/mol. The van der Waals surface area contributed by atoms with Crippen LogP contribution in [0.15, 0.2) is 30.3 Å². The van der Waals surface area contributed by atoms with Gasteiger partial charge in [-0.05, 0) is 37.6 Å². The molecular formula is C19H20ClN3O6. The third kappa shape index (κ3) is 5.14. The smallest absolute Gasteiger partial charge is 0.339 e. The number of nitrogens with one attached hydrogen (secondary N) is 2. The first-order valence-electron chi connectivity index (χ1n) is 8.50. The van der Waals surface area contributed by atoms with Gasteiger partial charge >= 0.3 is 5.97 Å². The molecule has 0 fully saturated rings. The summed E-state index contributed by atoms with van der Waals surface area (Å²) in [6, 6.07) is 7.04. The van der Waals surface area contributed by atoms with Crippen molar-refractivity contribution in [2.24, 2.45) is 0 Å². The van der Waals surface area contributed by atoms with Crippen molar-refractivity contribution >= 4 is 40.5 Å². The number of amides is 1. The standard InChI is InChI=1S/C19H20ClN3O6/c1-10-7-15(17(28-4)9-13(10)20)22-18(24)11(2)29-19(25)12-5-6-14(21-3)16(8-12)23(26)27/h5-9,11,21H,1-4H3,(H,22,24). The maximum atomic E-state index is 12.4. The number of nitro groups is 1. The second-order valence-corrected chi connectivity index (χ2v) is 6.48. The predicted octanol–water partition coefficient (Wildman–Crippen LogP) is 3.79. The largest absolute Gasteiger partial charge is 0.495 e. The summed E-state index contributed by atoms with van der Waals surface area (Å²) in [6.45, 7) is 3.15. The molecule has 0 aliphatic heterocycles. The maximum Gasteiger partial charge on any atom is 0.339 e. The Labute approximate surface area is 172 Å². The fraction of sp³-hybridized carbons (Fsp3) is 0.263. The molecule has 9 nitrogen and oxygen atoms in total. The minimum atomic E-state index is -1.16. The maximum absolute atomic E-state index is 12.4. The third-order valence-corrected chi connectivity index (χ3v) is 4.50. The van der Waals surface area contributed by atoms with E-state index in [-0.39, 0.29) is 16.9 Å². The van der Waals surface area contributed by atoms with Crippen LogP contribution in [0.1, 0.15) is 22.8 Å². The fourth-order valence-corrected chi connectivity index (χ4v) is 2.62. The zero-order chi connectivity index (χ0) is 21.7. The van der Waals surface area contributed by atoms with Crippen molar-refractivity contribution in [1.82, 2.24) is 0 Å². The number of carbonyl (C=O) groups excluding carboxylic acids is 2. The Morgan fingerprint density at radius 2 is 1.90 bits per heavy atom. The normalized spacial score (nSPS) is 11.3. The number of carbonyl (C=O) groups is 2. The molecule has 1 amide bonds. The highest BCUT2D eigenvalue weighted by atomic mass is 35.5. The van der Waals surface area contributed by atoms with Crippen molar-refractivity contribution in [1.29, 1.82) is 0 Å².